The molecule has 9 aromatic rings. The molecule has 0 N–H and O–H groups in total. The zero-order valence-corrected chi connectivity index (χ0v) is 59.2. The van der Waals surface area contributed by atoms with Crippen molar-refractivity contribution in [2.75, 3.05) is 14.7 Å². The van der Waals surface area contributed by atoms with E-state index in [4.69, 9.17) is 0 Å². The summed E-state index contributed by atoms with van der Waals surface area (Å²) in [7, 11) is 0. The van der Waals surface area contributed by atoms with Crippen molar-refractivity contribution in [2.24, 2.45) is 0 Å². The molecule has 93 heavy (non-hydrogen) atoms. The number of fused-ring (bicyclic) bond motifs is 11. The van der Waals surface area contributed by atoms with Gasteiger partial charge in [-0.2, -0.15) is 0 Å². The SMILES string of the molecule is Cc1cc2c(cc1N1c3cc4c(cc3B3c5cc6c(cc5N(c5ccc(C(C)(C)C)cc5-c5ccccc5)c5cc(N7c8ccc(-c9ccccc9)cc8C8(C)CCCCC78C)cc1c53)C(C)(C)c1ccccc1C6(C)C)C(C)(C)CCC4(C)C)C(C)(C)CCC2(C)C. The molecule has 0 aromatic heterocycles. The van der Waals surface area contributed by atoms with Crippen LogP contribution in [0, 0.1) is 6.92 Å². The third kappa shape index (κ3) is 8.53. The van der Waals surface area contributed by atoms with Crippen molar-refractivity contribution in [1.82, 2.24) is 0 Å². The summed E-state index contributed by atoms with van der Waals surface area (Å²) in [6.45, 7) is 44.9. The Hall–Kier alpha value is -7.56. The van der Waals surface area contributed by atoms with Crippen LogP contribution in [0.1, 0.15) is 230 Å². The number of nitrogens with zero attached hydrogens (tertiary/aromatic N) is 3. The van der Waals surface area contributed by atoms with Crippen LogP contribution in [0.5, 0.6) is 0 Å². The van der Waals surface area contributed by atoms with Crippen LogP contribution in [-0.2, 0) is 43.3 Å². The number of anilines is 8. The van der Waals surface area contributed by atoms with E-state index >= 15 is 0 Å². The predicted octanol–water partition coefficient (Wildman–Crippen LogP) is 22.1. The molecule has 0 bridgehead atoms. The lowest BCUT2D eigenvalue weighted by atomic mass is 9.32. The second-order valence-electron chi connectivity index (χ2n) is 35.0. The van der Waals surface area contributed by atoms with Gasteiger partial charge in [-0.15, -0.1) is 0 Å². The standard InChI is InChI=1S/C89H98BN3/c1-55-45-64-66(84(9,10)43-41-82(64,5)6)52-75(55)92-76-53-67-65(83(7,8)42-44-85(67,11)12)50-71(76)90-72-51-68-69(87(15,16)63-34-26-25-33-62(63)86(68,13)14)54-77(72)91(73-38-36-59(81(2,3)4)47-61(73)57-31-23-20-24-32-57)78-48-60(49-79(92)80(78)90)93-74-37-35-58(56-29-21-19-22-30-56)46-70(74)88(17)39-27-28-40-89(88,93)18/h19-26,29-38,45-54H,27-28,39-44H2,1-18H3. The molecule has 4 heteroatoms. The van der Waals surface area contributed by atoms with Gasteiger partial charge in [0.25, 0.3) is 6.71 Å². The maximum atomic E-state index is 2.89. The minimum Gasteiger partial charge on any atom is -0.334 e. The summed E-state index contributed by atoms with van der Waals surface area (Å²) >= 11 is 0. The predicted molar refractivity (Wildman–Crippen MR) is 399 cm³/mol. The summed E-state index contributed by atoms with van der Waals surface area (Å²) in [6, 6.07) is 68.7. The van der Waals surface area contributed by atoms with Gasteiger partial charge in [-0.05, 0) is 228 Å². The topological polar surface area (TPSA) is 9.72 Å². The molecule has 1 fully saturated rings. The van der Waals surface area contributed by atoms with Crippen LogP contribution in [0.25, 0.3) is 22.3 Å². The number of hydrogen-bond acceptors (Lipinski definition) is 3. The summed E-state index contributed by atoms with van der Waals surface area (Å²) < 4.78 is 0. The number of benzene rings is 9. The van der Waals surface area contributed by atoms with E-state index < -0.39 is 0 Å². The van der Waals surface area contributed by atoms with Crippen LogP contribution in [0.4, 0.5) is 45.5 Å². The van der Waals surface area contributed by atoms with E-state index in [2.05, 4.69) is 309 Å². The molecule has 0 radical (unpaired) electrons. The van der Waals surface area contributed by atoms with Gasteiger partial charge in [-0.25, -0.2) is 0 Å². The molecule has 472 valence electrons. The fourth-order valence-electron chi connectivity index (χ4n) is 19.6. The molecule has 0 amide bonds. The van der Waals surface area contributed by atoms with E-state index in [1.165, 1.54) is 165 Å². The Morgan fingerprint density at radius 3 is 1.39 bits per heavy atom. The average Bonchev–Trinajstić information content (AvgIpc) is 1.33. The van der Waals surface area contributed by atoms with Crippen molar-refractivity contribution in [3.05, 3.63) is 231 Å². The number of aryl methyl sites for hydroxylation is 1. The first-order valence-electron chi connectivity index (χ1n) is 35.5. The Kier molecular flexibility index (Phi) is 12.8. The van der Waals surface area contributed by atoms with Gasteiger partial charge in [0, 0.05) is 61.6 Å². The Labute approximate surface area is 558 Å². The molecule has 2 unspecified atom stereocenters. The maximum Gasteiger partial charge on any atom is 0.252 e. The molecule has 16 rings (SSSR count). The van der Waals surface area contributed by atoms with Crippen LogP contribution in [0.15, 0.2) is 170 Å². The highest BCUT2D eigenvalue weighted by molar-refractivity contribution is 7.00. The lowest BCUT2D eigenvalue weighted by Crippen LogP contribution is -2.62. The fourth-order valence-corrected chi connectivity index (χ4v) is 19.6. The molecule has 9 aromatic carbocycles. The molecule has 1 saturated carbocycles. The van der Waals surface area contributed by atoms with Gasteiger partial charge in [-0.3, -0.25) is 0 Å². The first-order valence-corrected chi connectivity index (χ1v) is 35.5. The van der Waals surface area contributed by atoms with Gasteiger partial charge in [0.2, 0.25) is 0 Å². The molecule has 0 spiro atoms. The van der Waals surface area contributed by atoms with Gasteiger partial charge in [-0.1, -0.05) is 239 Å². The van der Waals surface area contributed by atoms with Crippen LogP contribution in [0.2, 0.25) is 0 Å². The number of hydrogen-bond donors (Lipinski definition) is 0. The van der Waals surface area contributed by atoms with E-state index in [1.807, 2.05) is 0 Å². The van der Waals surface area contributed by atoms with Crippen LogP contribution < -0.4 is 31.1 Å². The molecular weight excluding hydrogens is 1120 g/mol. The second-order valence-corrected chi connectivity index (χ2v) is 35.0. The fraction of sp³-hybridized carbons (Fsp3) is 0.393. The first-order chi connectivity index (χ1) is 43.9. The minimum atomic E-state index is -0.284. The summed E-state index contributed by atoms with van der Waals surface area (Å²) in [5, 5.41) is 0. The zero-order chi connectivity index (χ0) is 65.3. The van der Waals surface area contributed by atoms with Crippen molar-refractivity contribution in [1.29, 1.82) is 0 Å². The lowest BCUT2D eigenvalue weighted by molar-refractivity contribution is 0.195. The molecule has 3 heterocycles. The van der Waals surface area contributed by atoms with Crippen molar-refractivity contribution < 1.29 is 0 Å². The molecule has 0 saturated heterocycles. The summed E-state index contributed by atoms with van der Waals surface area (Å²) in [5.74, 6) is 0. The first kappa shape index (κ1) is 60.4. The molecular formula is C89H98BN3. The number of rotatable bonds is 5. The van der Waals surface area contributed by atoms with Gasteiger partial charge >= 0.3 is 0 Å². The largest absolute Gasteiger partial charge is 0.334 e. The highest BCUT2D eigenvalue weighted by Gasteiger charge is 2.59. The highest BCUT2D eigenvalue weighted by atomic mass is 15.3. The molecule has 2 atom stereocenters. The van der Waals surface area contributed by atoms with E-state index in [-0.39, 0.29) is 55.6 Å². The van der Waals surface area contributed by atoms with Crippen LogP contribution in [-0.4, -0.2) is 12.3 Å². The van der Waals surface area contributed by atoms with Crippen molar-refractivity contribution >= 4 is 68.6 Å². The smallest absolute Gasteiger partial charge is 0.252 e. The van der Waals surface area contributed by atoms with Gasteiger partial charge in [0.1, 0.15) is 0 Å². The van der Waals surface area contributed by atoms with Gasteiger partial charge in [0.15, 0.2) is 0 Å². The third-order valence-electron chi connectivity index (χ3n) is 25.9. The molecule has 3 aliphatic heterocycles. The van der Waals surface area contributed by atoms with E-state index in [1.54, 1.807) is 0 Å². The normalized spacial score (nSPS) is 22.5. The summed E-state index contributed by atoms with van der Waals surface area (Å²) in [4.78, 5) is 8.55. The van der Waals surface area contributed by atoms with Crippen molar-refractivity contribution in [3.8, 4) is 22.3 Å². The van der Waals surface area contributed by atoms with E-state index in [0.29, 0.717) is 0 Å². The van der Waals surface area contributed by atoms with E-state index in [9.17, 15) is 0 Å². The molecule has 4 aliphatic carbocycles. The lowest BCUT2D eigenvalue weighted by Gasteiger charge is -2.52. The van der Waals surface area contributed by atoms with Crippen molar-refractivity contribution in [3.63, 3.8) is 0 Å². The Morgan fingerprint density at radius 2 is 0.817 bits per heavy atom. The Balaban J connectivity index is 1.09. The minimum absolute atomic E-state index is 0.00339. The quantitative estimate of drug-likeness (QED) is 0.159. The second kappa shape index (κ2) is 19.8. The van der Waals surface area contributed by atoms with E-state index in [0.717, 1.165) is 32.1 Å². The van der Waals surface area contributed by atoms with Crippen LogP contribution in [0.3, 0.4) is 0 Å². The molecule has 7 aliphatic rings. The van der Waals surface area contributed by atoms with Crippen LogP contribution >= 0.6 is 0 Å². The van der Waals surface area contributed by atoms with Gasteiger partial charge in [0.05, 0.1) is 11.2 Å². The maximum absolute atomic E-state index is 2.89. The van der Waals surface area contributed by atoms with Crippen molar-refractivity contribution in [2.45, 2.75) is 225 Å². The highest BCUT2D eigenvalue weighted by Crippen LogP contribution is 2.64. The third-order valence-corrected chi connectivity index (χ3v) is 25.9. The van der Waals surface area contributed by atoms with Gasteiger partial charge < -0.3 is 14.7 Å². The molecule has 3 nitrogen and oxygen atoms in total. The summed E-state index contributed by atoms with van der Waals surface area (Å²) in [6.07, 6.45) is 9.28. The summed E-state index contributed by atoms with van der Waals surface area (Å²) in [5.41, 5.74) is 34.5. The Bertz CT molecular complexity index is 4620. The monoisotopic (exact) mass is 1220 g/mol. The zero-order valence-electron chi connectivity index (χ0n) is 59.2. The Morgan fingerprint density at radius 1 is 0.355 bits per heavy atom. The average molecular weight is 1220 g/mol.